The zero-order chi connectivity index (χ0) is 18.4. The molecule has 0 bridgehead atoms. The van der Waals surface area contributed by atoms with Crippen LogP contribution in [0.1, 0.15) is 17.8 Å². The number of benzene rings is 1. The van der Waals surface area contributed by atoms with Gasteiger partial charge in [0.1, 0.15) is 11.9 Å². The van der Waals surface area contributed by atoms with Gasteiger partial charge in [-0.05, 0) is 19.1 Å². The minimum atomic E-state index is -0.162. The van der Waals surface area contributed by atoms with Gasteiger partial charge < -0.3 is 9.64 Å². The normalized spacial score (nSPS) is 17.7. The molecule has 0 spiro atoms. The first-order chi connectivity index (χ1) is 13.2. The molecule has 1 aromatic carbocycles. The lowest BCUT2D eigenvalue weighted by Crippen LogP contribution is -2.38. The van der Waals surface area contributed by atoms with E-state index in [4.69, 9.17) is 26.4 Å². The van der Waals surface area contributed by atoms with Gasteiger partial charge in [-0.2, -0.15) is 5.10 Å². The van der Waals surface area contributed by atoms with Crippen LogP contribution in [-0.4, -0.2) is 49.5 Å². The molecule has 0 saturated carbocycles. The van der Waals surface area contributed by atoms with E-state index in [0.29, 0.717) is 24.0 Å². The fourth-order valence-electron chi connectivity index (χ4n) is 3.06. The Balaban J connectivity index is 1.38. The van der Waals surface area contributed by atoms with Crippen LogP contribution in [0.4, 0.5) is 5.13 Å². The third kappa shape index (κ3) is 3.18. The molecule has 1 fully saturated rings. The van der Waals surface area contributed by atoms with Crippen molar-refractivity contribution in [3.63, 3.8) is 0 Å². The van der Waals surface area contributed by atoms with Crippen LogP contribution in [0.3, 0.4) is 0 Å². The summed E-state index contributed by atoms with van der Waals surface area (Å²) in [5.41, 5.74) is 1.90. The van der Waals surface area contributed by atoms with Crippen LogP contribution in [-0.2, 0) is 4.74 Å². The maximum absolute atomic E-state index is 5.96. The van der Waals surface area contributed by atoms with Crippen molar-refractivity contribution in [1.29, 1.82) is 0 Å². The number of aromatic amines is 1. The van der Waals surface area contributed by atoms with E-state index in [1.807, 2.05) is 41.9 Å². The Morgan fingerprint density at radius 3 is 2.85 bits per heavy atom. The highest BCUT2D eigenvalue weighted by Gasteiger charge is 2.27. The number of hydrogen-bond donors (Lipinski definition) is 1. The Bertz CT molecular complexity index is 1060. The molecule has 0 aliphatic carbocycles. The first-order valence-electron chi connectivity index (χ1n) is 8.53. The minimum absolute atomic E-state index is 0.162. The highest BCUT2D eigenvalue weighted by Crippen LogP contribution is 2.30. The molecule has 1 saturated heterocycles. The van der Waals surface area contributed by atoms with Crippen LogP contribution in [0.15, 0.2) is 30.5 Å². The summed E-state index contributed by atoms with van der Waals surface area (Å²) in [5, 5.41) is 13.4. The average molecular weight is 402 g/mol. The van der Waals surface area contributed by atoms with Crippen molar-refractivity contribution < 1.29 is 4.74 Å². The number of imidazole rings is 1. The van der Waals surface area contributed by atoms with Crippen molar-refractivity contribution in [3.05, 3.63) is 47.1 Å². The molecule has 5 rings (SSSR count). The molecule has 4 aromatic rings. The molecule has 1 N–H and O–H groups in total. The molecule has 10 heteroatoms. The van der Waals surface area contributed by atoms with E-state index < -0.39 is 0 Å². The highest BCUT2D eigenvalue weighted by atomic mass is 35.5. The fraction of sp³-hybridized carbons (Fsp3) is 0.294. The number of ether oxygens (including phenoxy) is 1. The number of morpholine rings is 1. The molecular weight excluding hydrogens is 386 g/mol. The maximum atomic E-state index is 5.96. The van der Waals surface area contributed by atoms with Crippen LogP contribution in [0.2, 0.25) is 5.02 Å². The van der Waals surface area contributed by atoms with E-state index in [0.717, 1.165) is 33.7 Å². The van der Waals surface area contributed by atoms with Gasteiger partial charge in [0.2, 0.25) is 10.1 Å². The number of aromatic nitrogens is 6. The van der Waals surface area contributed by atoms with Crippen LogP contribution in [0.5, 0.6) is 0 Å². The topological polar surface area (TPSA) is 84.2 Å². The van der Waals surface area contributed by atoms with Crippen molar-refractivity contribution in [3.8, 4) is 11.3 Å². The van der Waals surface area contributed by atoms with Crippen molar-refractivity contribution in [2.24, 2.45) is 0 Å². The molecule has 0 radical (unpaired) electrons. The van der Waals surface area contributed by atoms with Crippen LogP contribution < -0.4 is 4.90 Å². The summed E-state index contributed by atoms with van der Waals surface area (Å²) in [5.74, 6) is 1.47. The lowest BCUT2D eigenvalue weighted by molar-refractivity contribution is 0.0342. The molecule has 4 heterocycles. The number of hydrogen-bond acceptors (Lipinski definition) is 7. The van der Waals surface area contributed by atoms with Gasteiger partial charge in [-0.25, -0.2) is 14.5 Å². The second kappa shape index (κ2) is 6.59. The quantitative estimate of drug-likeness (QED) is 0.567. The number of aryl methyl sites for hydroxylation is 1. The standard InChI is InChI=1S/C17H16ClN7OS/c1-10-19-15(22-21-10)14-9-24(6-7-26-14)17-23-25-8-13(20-16(25)27-17)11-2-4-12(18)5-3-11/h2-5,8,14H,6-7,9H2,1H3,(H,19,21,22). The van der Waals surface area contributed by atoms with Gasteiger partial charge in [-0.15, -0.1) is 5.10 Å². The van der Waals surface area contributed by atoms with Gasteiger partial charge >= 0.3 is 0 Å². The first-order valence-corrected chi connectivity index (χ1v) is 9.73. The molecule has 27 heavy (non-hydrogen) atoms. The predicted octanol–water partition coefficient (Wildman–Crippen LogP) is 3.12. The largest absolute Gasteiger partial charge is 0.366 e. The molecule has 1 unspecified atom stereocenters. The van der Waals surface area contributed by atoms with Crippen LogP contribution >= 0.6 is 22.9 Å². The number of rotatable bonds is 3. The number of nitrogens with one attached hydrogen (secondary N) is 1. The van der Waals surface area contributed by atoms with Gasteiger partial charge in [0.05, 0.1) is 25.0 Å². The van der Waals surface area contributed by atoms with Crippen molar-refractivity contribution in [1.82, 2.24) is 29.8 Å². The van der Waals surface area contributed by atoms with E-state index in [1.165, 1.54) is 0 Å². The second-order valence-corrected chi connectivity index (χ2v) is 7.70. The summed E-state index contributed by atoms with van der Waals surface area (Å²) in [6.07, 6.45) is 1.78. The number of halogens is 1. The lowest BCUT2D eigenvalue weighted by Gasteiger charge is -2.30. The summed E-state index contributed by atoms with van der Waals surface area (Å²) in [4.78, 5) is 12.1. The minimum Gasteiger partial charge on any atom is -0.366 e. The summed E-state index contributed by atoms with van der Waals surface area (Å²) in [7, 11) is 0. The highest BCUT2D eigenvalue weighted by molar-refractivity contribution is 7.20. The first kappa shape index (κ1) is 16.7. The third-order valence-electron chi connectivity index (χ3n) is 4.41. The van der Waals surface area contributed by atoms with E-state index in [-0.39, 0.29) is 6.10 Å². The molecule has 1 aliphatic heterocycles. The summed E-state index contributed by atoms with van der Waals surface area (Å²) in [6, 6.07) is 7.64. The maximum Gasteiger partial charge on any atom is 0.214 e. The summed E-state index contributed by atoms with van der Waals surface area (Å²) < 4.78 is 7.65. The lowest BCUT2D eigenvalue weighted by atomic mass is 10.2. The Kier molecular flexibility index (Phi) is 4.07. The van der Waals surface area contributed by atoms with Crippen molar-refractivity contribution >= 4 is 33.0 Å². The van der Waals surface area contributed by atoms with E-state index in [1.54, 1.807) is 11.3 Å². The SMILES string of the molecule is Cc1nc(C2CN(c3nn4cc(-c5ccc(Cl)cc5)nc4s3)CCO2)n[nH]1. The molecular formula is C17H16ClN7OS. The van der Waals surface area contributed by atoms with Gasteiger partial charge in [-0.1, -0.05) is 35.1 Å². The molecule has 8 nitrogen and oxygen atoms in total. The zero-order valence-electron chi connectivity index (χ0n) is 14.5. The van der Waals surface area contributed by atoms with E-state index in [2.05, 4.69) is 20.1 Å². The number of fused-ring (bicyclic) bond motifs is 1. The Hall–Kier alpha value is -2.49. The molecule has 0 amide bonds. The molecule has 3 aromatic heterocycles. The monoisotopic (exact) mass is 401 g/mol. The summed E-state index contributed by atoms with van der Waals surface area (Å²) >= 11 is 7.52. The third-order valence-corrected chi connectivity index (χ3v) is 5.65. The van der Waals surface area contributed by atoms with Gasteiger partial charge in [0.15, 0.2) is 5.82 Å². The van der Waals surface area contributed by atoms with Gasteiger partial charge in [0, 0.05) is 17.1 Å². The van der Waals surface area contributed by atoms with Gasteiger partial charge in [0.25, 0.3) is 0 Å². The average Bonchev–Trinajstić information content (AvgIpc) is 3.37. The van der Waals surface area contributed by atoms with Crippen LogP contribution in [0.25, 0.3) is 16.2 Å². The van der Waals surface area contributed by atoms with Gasteiger partial charge in [-0.3, -0.25) is 5.10 Å². The fourth-order valence-corrected chi connectivity index (χ4v) is 4.10. The summed E-state index contributed by atoms with van der Waals surface area (Å²) in [6.45, 7) is 3.93. The molecule has 1 atom stereocenters. The van der Waals surface area contributed by atoms with E-state index in [9.17, 15) is 0 Å². The zero-order valence-corrected chi connectivity index (χ0v) is 16.0. The Labute approximate surface area is 163 Å². The van der Waals surface area contributed by atoms with Crippen LogP contribution in [0, 0.1) is 6.92 Å². The predicted molar refractivity (Wildman–Crippen MR) is 103 cm³/mol. The molecule has 138 valence electrons. The molecule has 1 aliphatic rings. The smallest absolute Gasteiger partial charge is 0.214 e. The Morgan fingerprint density at radius 2 is 2.11 bits per heavy atom. The van der Waals surface area contributed by atoms with Crippen molar-refractivity contribution in [2.75, 3.05) is 24.6 Å². The second-order valence-electron chi connectivity index (χ2n) is 6.33. The number of nitrogens with zero attached hydrogens (tertiary/aromatic N) is 6. The number of anilines is 1. The Morgan fingerprint density at radius 1 is 1.26 bits per heavy atom. The van der Waals surface area contributed by atoms with Crippen molar-refractivity contribution in [2.45, 2.75) is 13.0 Å². The van der Waals surface area contributed by atoms with E-state index >= 15 is 0 Å². The number of H-pyrrole nitrogens is 1.